The van der Waals surface area contributed by atoms with Crippen LogP contribution in [-0.4, -0.2) is 27.6 Å². The zero-order chi connectivity index (χ0) is 12.1. The number of carboxylic acid groups (broad SMARTS) is 1. The molecule has 17 heavy (non-hydrogen) atoms. The van der Waals surface area contributed by atoms with Gasteiger partial charge in [-0.3, -0.25) is 0 Å². The van der Waals surface area contributed by atoms with E-state index in [1.807, 2.05) is 0 Å². The number of hydrogen-bond donors (Lipinski definition) is 3. The van der Waals surface area contributed by atoms with Gasteiger partial charge in [-0.05, 0) is 12.1 Å². The molecule has 3 N–H and O–H groups in total. The fourth-order valence-corrected chi connectivity index (χ4v) is 1.44. The Morgan fingerprint density at radius 3 is 3.06 bits per heavy atom. The molecule has 6 heteroatoms. The predicted octanol–water partition coefficient (Wildman–Crippen LogP) is 1.03. The summed E-state index contributed by atoms with van der Waals surface area (Å²) < 4.78 is 5.10. The van der Waals surface area contributed by atoms with Crippen LogP contribution in [0.3, 0.4) is 0 Å². The molecule has 0 aliphatic heterocycles. The van der Waals surface area contributed by atoms with Crippen LogP contribution in [0.25, 0.3) is 0 Å². The highest BCUT2D eigenvalue weighted by atomic mass is 16.4. The summed E-state index contributed by atoms with van der Waals surface area (Å²) >= 11 is 0. The third-order valence-corrected chi connectivity index (χ3v) is 2.27. The molecule has 6 nitrogen and oxygen atoms in total. The van der Waals surface area contributed by atoms with Crippen molar-refractivity contribution in [3.05, 3.63) is 41.9 Å². The van der Waals surface area contributed by atoms with Crippen LogP contribution in [-0.2, 0) is 13.0 Å². The Bertz CT molecular complexity index is 476. The van der Waals surface area contributed by atoms with E-state index in [4.69, 9.17) is 9.52 Å². The maximum atomic E-state index is 10.6. The van der Waals surface area contributed by atoms with Gasteiger partial charge >= 0.3 is 5.97 Å². The number of aromatic nitrogens is 2. The first-order valence-corrected chi connectivity index (χ1v) is 5.26. The predicted molar refractivity (Wildman–Crippen MR) is 59.7 cm³/mol. The summed E-state index contributed by atoms with van der Waals surface area (Å²) in [6.45, 7) is 1.25. The van der Waals surface area contributed by atoms with E-state index in [-0.39, 0.29) is 5.76 Å². The van der Waals surface area contributed by atoms with Gasteiger partial charge in [0, 0.05) is 25.4 Å². The lowest BCUT2D eigenvalue weighted by atomic mass is 10.4. The van der Waals surface area contributed by atoms with Gasteiger partial charge in [0.1, 0.15) is 11.6 Å². The third-order valence-electron chi connectivity index (χ3n) is 2.27. The molecule has 0 spiro atoms. The van der Waals surface area contributed by atoms with Crippen molar-refractivity contribution >= 4 is 5.97 Å². The molecule has 0 amide bonds. The molecule has 0 unspecified atom stereocenters. The van der Waals surface area contributed by atoms with E-state index in [1.54, 1.807) is 18.5 Å². The van der Waals surface area contributed by atoms with E-state index in [1.165, 1.54) is 6.07 Å². The lowest BCUT2D eigenvalue weighted by Gasteiger charge is -2.00. The Hall–Kier alpha value is -2.08. The molecule has 2 rings (SSSR count). The van der Waals surface area contributed by atoms with E-state index in [9.17, 15) is 4.79 Å². The molecule has 0 aliphatic carbocycles. The van der Waals surface area contributed by atoms with E-state index < -0.39 is 5.97 Å². The zero-order valence-corrected chi connectivity index (χ0v) is 9.14. The number of nitrogens with one attached hydrogen (secondary N) is 2. The number of aromatic carboxylic acids is 1. The van der Waals surface area contributed by atoms with Gasteiger partial charge in [-0.2, -0.15) is 0 Å². The molecule has 0 fully saturated rings. The van der Waals surface area contributed by atoms with E-state index >= 15 is 0 Å². The molecule has 0 saturated heterocycles. The number of furan rings is 1. The van der Waals surface area contributed by atoms with Crippen LogP contribution in [0.2, 0.25) is 0 Å². The van der Waals surface area contributed by atoms with Crippen LogP contribution in [0.15, 0.2) is 28.9 Å². The highest BCUT2D eigenvalue weighted by Gasteiger charge is 2.08. The van der Waals surface area contributed by atoms with Crippen molar-refractivity contribution in [1.82, 2.24) is 15.3 Å². The first kappa shape index (κ1) is 11.4. The quantitative estimate of drug-likeness (QED) is 0.650. The van der Waals surface area contributed by atoms with Crippen molar-refractivity contribution in [2.24, 2.45) is 0 Å². The molecule has 0 aromatic carbocycles. The third kappa shape index (κ3) is 3.18. The summed E-state index contributed by atoms with van der Waals surface area (Å²) in [5.41, 5.74) is 0. The summed E-state index contributed by atoms with van der Waals surface area (Å²) in [6, 6.07) is 3.11. The number of rotatable bonds is 6. The van der Waals surface area contributed by atoms with Gasteiger partial charge in [0.15, 0.2) is 0 Å². The molecule has 2 aromatic rings. The second-order valence-corrected chi connectivity index (χ2v) is 3.53. The summed E-state index contributed by atoms with van der Waals surface area (Å²) in [5.74, 6) is 0.449. The molecule has 2 heterocycles. The Morgan fingerprint density at radius 1 is 1.53 bits per heavy atom. The molecule has 0 bridgehead atoms. The van der Waals surface area contributed by atoms with Crippen molar-refractivity contribution in [3.63, 3.8) is 0 Å². The Kier molecular flexibility index (Phi) is 3.56. The maximum Gasteiger partial charge on any atom is 0.371 e. The molecular weight excluding hydrogens is 222 g/mol. The minimum absolute atomic E-state index is 0.0344. The first-order chi connectivity index (χ1) is 8.25. The van der Waals surface area contributed by atoms with Crippen LogP contribution < -0.4 is 5.32 Å². The van der Waals surface area contributed by atoms with Gasteiger partial charge in [-0.1, -0.05) is 0 Å². The maximum absolute atomic E-state index is 10.6. The second-order valence-electron chi connectivity index (χ2n) is 3.53. The van der Waals surface area contributed by atoms with Crippen LogP contribution in [0.1, 0.15) is 22.1 Å². The second kappa shape index (κ2) is 5.31. The molecule has 0 aliphatic rings. The van der Waals surface area contributed by atoms with Gasteiger partial charge in [0.25, 0.3) is 0 Å². The van der Waals surface area contributed by atoms with Gasteiger partial charge in [-0.15, -0.1) is 0 Å². The highest BCUT2D eigenvalue weighted by Crippen LogP contribution is 2.07. The zero-order valence-electron chi connectivity index (χ0n) is 9.14. The summed E-state index contributed by atoms with van der Waals surface area (Å²) in [7, 11) is 0. The highest BCUT2D eigenvalue weighted by molar-refractivity contribution is 5.84. The number of hydrogen-bond acceptors (Lipinski definition) is 4. The summed E-state index contributed by atoms with van der Waals surface area (Å²) in [6.07, 6.45) is 4.28. The first-order valence-electron chi connectivity index (χ1n) is 5.26. The number of aromatic amines is 1. The van der Waals surface area contributed by atoms with E-state index in [2.05, 4.69) is 15.3 Å². The van der Waals surface area contributed by atoms with Crippen molar-refractivity contribution in [3.8, 4) is 0 Å². The number of carbonyl (C=O) groups is 1. The van der Waals surface area contributed by atoms with E-state index in [0.717, 1.165) is 18.8 Å². The lowest BCUT2D eigenvalue weighted by Crippen LogP contribution is -2.16. The number of H-pyrrole nitrogens is 1. The van der Waals surface area contributed by atoms with Crippen LogP contribution >= 0.6 is 0 Å². The molecular formula is C11H13N3O3. The van der Waals surface area contributed by atoms with Gasteiger partial charge < -0.3 is 19.8 Å². The number of carboxylic acids is 1. The lowest BCUT2D eigenvalue weighted by molar-refractivity contribution is 0.0660. The van der Waals surface area contributed by atoms with Crippen molar-refractivity contribution in [2.75, 3.05) is 6.54 Å². The molecule has 90 valence electrons. The summed E-state index contributed by atoms with van der Waals surface area (Å²) in [5, 5.41) is 11.8. The minimum Gasteiger partial charge on any atom is -0.475 e. The van der Waals surface area contributed by atoms with Crippen molar-refractivity contribution in [2.45, 2.75) is 13.0 Å². The topological polar surface area (TPSA) is 91.1 Å². The fourth-order valence-electron chi connectivity index (χ4n) is 1.44. The fraction of sp³-hybridized carbons (Fsp3) is 0.273. The summed E-state index contributed by atoms with van der Waals surface area (Å²) in [4.78, 5) is 17.7. The van der Waals surface area contributed by atoms with Gasteiger partial charge in [-0.25, -0.2) is 9.78 Å². The SMILES string of the molecule is O=C(O)c1ccc(CNCCc2ncc[nH]2)o1. The molecule has 0 saturated carbocycles. The van der Waals surface area contributed by atoms with Gasteiger partial charge in [0.05, 0.1) is 6.54 Å². The molecule has 0 atom stereocenters. The normalized spacial score (nSPS) is 10.6. The van der Waals surface area contributed by atoms with Crippen LogP contribution in [0.5, 0.6) is 0 Å². The average molecular weight is 235 g/mol. The Morgan fingerprint density at radius 2 is 2.41 bits per heavy atom. The van der Waals surface area contributed by atoms with Crippen molar-refractivity contribution in [1.29, 1.82) is 0 Å². The Labute approximate surface area is 97.7 Å². The monoisotopic (exact) mass is 235 g/mol. The smallest absolute Gasteiger partial charge is 0.371 e. The van der Waals surface area contributed by atoms with Crippen LogP contribution in [0.4, 0.5) is 0 Å². The van der Waals surface area contributed by atoms with E-state index in [0.29, 0.717) is 12.3 Å². The van der Waals surface area contributed by atoms with Crippen molar-refractivity contribution < 1.29 is 14.3 Å². The van der Waals surface area contributed by atoms with Crippen LogP contribution in [0, 0.1) is 0 Å². The molecule has 0 radical (unpaired) electrons. The average Bonchev–Trinajstić information content (AvgIpc) is 2.96. The Balaban J connectivity index is 1.72. The standard InChI is InChI=1S/C11H13N3O3/c15-11(16)9-2-1-8(17-9)7-12-4-3-10-13-5-6-14-10/h1-2,5-6,12H,3-4,7H2,(H,13,14)(H,15,16). The molecule has 2 aromatic heterocycles. The van der Waals surface area contributed by atoms with Gasteiger partial charge in [0.2, 0.25) is 5.76 Å². The largest absolute Gasteiger partial charge is 0.475 e. The number of imidazole rings is 1. The number of nitrogens with zero attached hydrogens (tertiary/aromatic N) is 1. The minimum atomic E-state index is -1.05.